The highest BCUT2D eigenvalue weighted by Crippen LogP contribution is 2.19. The molecule has 8 heteroatoms. The van der Waals surface area contributed by atoms with Crippen molar-refractivity contribution in [2.24, 2.45) is 0 Å². The van der Waals surface area contributed by atoms with Gasteiger partial charge in [-0.3, -0.25) is 0 Å². The Labute approximate surface area is 187 Å². The van der Waals surface area contributed by atoms with E-state index < -0.39 is 26.3 Å². The van der Waals surface area contributed by atoms with Crippen LogP contribution in [0, 0.1) is 0 Å². The van der Waals surface area contributed by atoms with E-state index in [0.717, 1.165) is 18.0 Å². The van der Waals surface area contributed by atoms with Crippen molar-refractivity contribution in [3.05, 3.63) is 48.0 Å². The maximum absolute atomic E-state index is 13.0. The van der Waals surface area contributed by atoms with Crippen LogP contribution in [0.25, 0.3) is 0 Å². The first-order valence-corrected chi connectivity index (χ1v) is 14.5. The molecule has 0 N–H and O–H groups in total. The molecule has 1 aromatic carbocycles. The van der Waals surface area contributed by atoms with Gasteiger partial charge < -0.3 is 14.2 Å². The highest BCUT2D eigenvalue weighted by atomic mass is 28.3. The molecule has 0 saturated heterocycles. The van der Waals surface area contributed by atoms with Gasteiger partial charge in [-0.15, -0.1) is 0 Å². The van der Waals surface area contributed by atoms with Crippen molar-refractivity contribution >= 4 is 20.3 Å². The first-order chi connectivity index (χ1) is 14.7. The third-order valence-electron chi connectivity index (χ3n) is 4.42. The van der Waals surface area contributed by atoms with Gasteiger partial charge in [-0.05, 0) is 38.3 Å². The summed E-state index contributed by atoms with van der Waals surface area (Å²) in [7, 11) is 0.151. The third-order valence-corrected chi connectivity index (χ3v) is 5.88. The normalized spacial score (nSPS) is 12.5. The maximum Gasteiger partial charge on any atom is 0.431 e. The predicted octanol–water partition coefficient (Wildman–Crippen LogP) is 5.32. The molecule has 1 unspecified atom stereocenters. The Bertz CT molecular complexity index is 691. The molecule has 1 rings (SSSR count). The molecule has 2 amide bonds. The SMILES string of the molecule is CCOC(=O)N(COC)N(C(=O)OCC)C(/C=C/C[Si](C)(C)C)CCc1ccccc1. The lowest BCUT2D eigenvalue weighted by Crippen LogP contribution is -2.55. The number of amides is 2. The fourth-order valence-electron chi connectivity index (χ4n) is 2.96. The molecule has 31 heavy (non-hydrogen) atoms. The van der Waals surface area contributed by atoms with E-state index in [0.29, 0.717) is 6.42 Å². The molecule has 0 aliphatic heterocycles. The molecular weight excluding hydrogens is 412 g/mol. The van der Waals surface area contributed by atoms with E-state index in [1.165, 1.54) is 17.1 Å². The molecular formula is C23H38N2O5Si. The minimum Gasteiger partial charge on any atom is -0.448 e. The number of allylic oxidation sites excluding steroid dienone is 1. The Balaban J connectivity index is 3.27. The Morgan fingerprint density at radius 2 is 1.65 bits per heavy atom. The molecule has 1 aromatic rings. The maximum atomic E-state index is 13.0. The van der Waals surface area contributed by atoms with Crippen molar-refractivity contribution in [1.29, 1.82) is 0 Å². The van der Waals surface area contributed by atoms with Gasteiger partial charge in [-0.25, -0.2) is 14.6 Å². The van der Waals surface area contributed by atoms with Crippen LogP contribution < -0.4 is 0 Å². The zero-order valence-electron chi connectivity index (χ0n) is 19.8. The minimum absolute atomic E-state index is 0.124. The summed E-state index contributed by atoms with van der Waals surface area (Å²) < 4.78 is 15.7. The van der Waals surface area contributed by atoms with Crippen molar-refractivity contribution in [2.45, 2.75) is 58.4 Å². The number of aryl methyl sites for hydroxylation is 1. The molecule has 0 saturated carbocycles. The van der Waals surface area contributed by atoms with Crippen LogP contribution >= 0.6 is 0 Å². The molecule has 174 valence electrons. The van der Waals surface area contributed by atoms with Crippen molar-refractivity contribution < 1.29 is 23.8 Å². The highest BCUT2D eigenvalue weighted by Gasteiger charge is 2.33. The summed E-state index contributed by atoms with van der Waals surface area (Å²) in [5, 5.41) is 2.50. The first-order valence-electron chi connectivity index (χ1n) is 10.8. The summed E-state index contributed by atoms with van der Waals surface area (Å²) in [6.45, 7) is 10.6. The topological polar surface area (TPSA) is 68.3 Å². The van der Waals surface area contributed by atoms with Crippen LogP contribution in [0.5, 0.6) is 0 Å². The molecule has 1 atom stereocenters. The molecule has 0 aromatic heterocycles. The van der Waals surface area contributed by atoms with E-state index in [-0.39, 0.29) is 19.9 Å². The number of nitrogens with zero attached hydrogens (tertiary/aromatic N) is 2. The van der Waals surface area contributed by atoms with Crippen LogP contribution in [0.4, 0.5) is 9.59 Å². The lowest BCUT2D eigenvalue weighted by Gasteiger charge is -2.37. The molecule has 0 bridgehead atoms. The number of ether oxygens (including phenoxy) is 3. The summed E-state index contributed by atoms with van der Waals surface area (Å²) >= 11 is 0. The Hall–Kier alpha value is -2.32. The lowest BCUT2D eigenvalue weighted by molar-refractivity contribution is -0.0830. The predicted molar refractivity (Wildman–Crippen MR) is 125 cm³/mol. The Morgan fingerprint density at radius 1 is 1.03 bits per heavy atom. The van der Waals surface area contributed by atoms with E-state index in [1.807, 2.05) is 24.3 Å². The molecule has 7 nitrogen and oxygen atoms in total. The van der Waals surface area contributed by atoms with Crippen LogP contribution in [0.2, 0.25) is 25.7 Å². The van der Waals surface area contributed by atoms with Crippen LogP contribution in [0.1, 0.15) is 25.8 Å². The van der Waals surface area contributed by atoms with Gasteiger partial charge in [0.1, 0.15) is 6.73 Å². The largest absolute Gasteiger partial charge is 0.448 e. The summed E-state index contributed by atoms with van der Waals surface area (Å²) in [4.78, 5) is 25.6. The van der Waals surface area contributed by atoms with Gasteiger partial charge >= 0.3 is 12.2 Å². The van der Waals surface area contributed by atoms with Gasteiger partial charge in [0.25, 0.3) is 0 Å². The number of hydrazine groups is 1. The zero-order valence-corrected chi connectivity index (χ0v) is 20.8. The second-order valence-electron chi connectivity index (χ2n) is 8.34. The molecule has 0 aliphatic rings. The molecule has 0 heterocycles. The fraction of sp³-hybridized carbons (Fsp3) is 0.565. The zero-order chi connectivity index (χ0) is 23.3. The van der Waals surface area contributed by atoms with E-state index >= 15 is 0 Å². The minimum atomic E-state index is -1.32. The van der Waals surface area contributed by atoms with Crippen LogP contribution in [0.3, 0.4) is 0 Å². The standard InChI is InChI=1S/C23H38N2O5Si/c1-7-29-22(26)24(19-28-3)25(23(27)30-8-2)21(15-12-18-31(4,5)6)17-16-20-13-10-9-11-14-20/h9-15,21H,7-8,16-19H2,1-6H3/b15-12+. The van der Waals surface area contributed by atoms with Gasteiger partial charge in [0.05, 0.1) is 19.3 Å². The number of benzene rings is 1. The lowest BCUT2D eigenvalue weighted by atomic mass is 10.0. The second-order valence-corrected chi connectivity index (χ2v) is 13.9. The Morgan fingerprint density at radius 3 is 2.19 bits per heavy atom. The van der Waals surface area contributed by atoms with E-state index in [2.05, 4.69) is 37.8 Å². The summed E-state index contributed by atoms with van der Waals surface area (Å²) in [5.41, 5.74) is 1.16. The summed E-state index contributed by atoms with van der Waals surface area (Å²) in [6.07, 6.45) is 4.21. The molecule has 0 spiro atoms. The van der Waals surface area contributed by atoms with Crippen LogP contribution in [0.15, 0.2) is 42.5 Å². The van der Waals surface area contributed by atoms with Gasteiger partial charge in [-0.1, -0.05) is 62.1 Å². The number of methoxy groups -OCH3 is 1. The van der Waals surface area contributed by atoms with E-state index in [9.17, 15) is 9.59 Å². The summed E-state index contributed by atoms with van der Waals surface area (Å²) in [6, 6.07) is 10.6. The second kappa shape index (κ2) is 13.9. The van der Waals surface area contributed by atoms with Crippen molar-refractivity contribution in [2.75, 3.05) is 27.1 Å². The molecule has 0 radical (unpaired) electrons. The van der Waals surface area contributed by atoms with E-state index in [1.54, 1.807) is 13.8 Å². The monoisotopic (exact) mass is 450 g/mol. The smallest absolute Gasteiger partial charge is 0.431 e. The number of hydrogen-bond donors (Lipinski definition) is 0. The molecule has 0 fully saturated rings. The number of carbonyl (C=O) groups is 2. The van der Waals surface area contributed by atoms with Gasteiger partial charge in [0.2, 0.25) is 0 Å². The quantitative estimate of drug-likeness (QED) is 0.198. The van der Waals surface area contributed by atoms with Gasteiger partial charge in [0, 0.05) is 15.2 Å². The number of carbonyl (C=O) groups excluding carboxylic acids is 2. The third kappa shape index (κ3) is 10.0. The first kappa shape index (κ1) is 26.7. The van der Waals surface area contributed by atoms with Crippen LogP contribution in [-0.4, -0.2) is 63.4 Å². The summed E-state index contributed by atoms with van der Waals surface area (Å²) in [5.74, 6) is 0. The van der Waals surface area contributed by atoms with E-state index in [4.69, 9.17) is 14.2 Å². The highest BCUT2D eigenvalue weighted by molar-refractivity contribution is 6.76. The Kier molecular flexibility index (Phi) is 12.0. The van der Waals surface area contributed by atoms with Crippen molar-refractivity contribution in [3.8, 4) is 0 Å². The average molecular weight is 451 g/mol. The van der Waals surface area contributed by atoms with Crippen molar-refractivity contribution in [3.63, 3.8) is 0 Å². The molecule has 0 aliphatic carbocycles. The fourth-order valence-corrected chi connectivity index (χ4v) is 3.81. The average Bonchev–Trinajstić information content (AvgIpc) is 2.71. The van der Waals surface area contributed by atoms with Crippen LogP contribution in [-0.2, 0) is 20.6 Å². The van der Waals surface area contributed by atoms with Gasteiger partial charge in [0.15, 0.2) is 0 Å². The number of hydrogen-bond acceptors (Lipinski definition) is 5. The number of rotatable bonds is 11. The van der Waals surface area contributed by atoms with Gasteiger partial charge in [-0.2, -0.15) is 5.01 Å². The van der Waals surface area contributed by atoms with Crippen molar-refractivity contribution in [1.82, 2.24) is 10.0 Å².